The van der Waals surface area contributed by atoms with Crippen molar-refractivity contribution in [2.75, 3.05) is 20.3 Å². The van der Waals surface area contributed by atoms with Gasteiger partial charge in [0, 0.05) is 31.8 Å². The third-order valence-electron chi connectivity index (χ3n) is 3.03. The second-order valence-corrected chi connectivity index (χ2v) is 6.29. The summed E-state index contributed by atoms with van der Waals surface area (Å²) in [6, 6.07) is 3.90. The quantitative estimate of drug-likeness (QED) is 0.510. The average molecular weight is 323 g/mol. The Balaban J connectivity index is 1.71. The third kappa shape index (κ3) is 3.49. The Hall–Kier alpha value is -1.28. The fourth-order valence-corrected chi connectivity index (χ4v) is 3.73. The number of hydrogen-bond donors (Lipinski definition) is 1. The number of imidazole rings is 1. The van der Waals surface area contributed by atoms with Crippen LogP contribution in [0.25, 0.3) is 4.96 Å². The molecule has 3 aromatic heterocycles. The Morgan fingerprint density at radius 1 is 1.52 bits per heavy atom. The maximum Gasteiger partial charge on any atom is 0.194 e. The number of methoxy groups -OCH3 is 1. The molecular weight excluding hydrogens is 306 g/mol. The van der Waals surface area contributed by atoms with E-state index >= 15 is 0 Å². The molecule has 0 aliphatic heterocycles. The predicted octanol–water partition coefficient (Wildman–Crippen LogP) is 3.02. The highest BCUT2D eigenvalue weighted by Gasteiger charge is 2.13. The topological polar surface area (TPSA) is 51.7 Å². The summed E-state index contributed by atoms with van der Waals surface area (Å²) >= 11 is 3.36. The molecule has 0 spiro atoms. The molecule has 0 aromatic carbocycles. The fraction of sp³-hybridized carbons (Fsp3) is 0.357. The molecule has 3 heterocycles. The number of ether oxygens (including phenoxy) is 1. The lowest BCUT2D eigenvalue weighted by Crippen LogP contribution is -2.19. The summed E-state index contributed by atoms with van der Waals surface area (Å²) < 4.78 is 12.6. The van der Waals surface area contributed by atoms with Crippen molar-refractivity contribution in [1.29, 1.82) is 0 Å². The van der Waals surface area contributed by atoms with Crippen LogP contribution in [0.1, 0.15) is 11.5 Å². The molecule has 0 amide bonds. The smallest absolute Gasteiger partial charge is 0.194 e. The second-order valence-electron chi connectivity index (χ2n) is 4.46. The lowest BCUT2D eigenvalue weighted by molar-refractivity contribution is 0.199. The number of nitrogens with zero attached hydrogens (tertiary/aromatic N) is 2. The van der Waals surface area contributed by atoms with Gasteiger partial charge in [-0.15, -0.1) is 11.3 Å². The van der Waals surface area contributed by atoms with E-state index in [1.807, 2.05) is 12.1 Å². The average Bonchev–Trinajstić information content (AvgIpc) is 3.19. The largest absolute Gasteiger partial charge is 0.468 e. The Labute approximate surface area is 131 Å². The molecule has 0 saturated heterocycles. The molecule has 0 saturated carbocycles. The van der Waals surface area contributed by atoms with Crippen LogP contribution in [-0.4, -0.2) is 29.6 Å². The van der Waals surface area contributed by atoms with E-state index < -0.39 is 0 Å². The summed E-state index contributed by atoms with van der Waals surface area (Å²) in [6.07, 6.45) is 3.77. The summed E-state index contributed by atoms with van der Waals surface area (Å²) in [5.74, 6) is 1.76. The van der Waals surface area contributed by atoms with E-state index in [4.69, 9.17) is 14.1 Å². The highest BCUT2D eigenvalue weighted by molar-refractivity contribution is 7.98. The first-order valence-corrected chi connectivity index (χ1v) is 8.54. The second kappa shape index (κ2) is 7.13. The molecule has 112 valence electrons. The van der Waals surface area contributed by atoms with Gasteiger partial charge in [0.25, 0.3) is 0 Å². The maximum absolute atomic E-state index is 5.38. The van der Waals surface area contributed by atoms with Crippen molar-refractivity contribution in [2.24, 2.45) is 0 Å². The van der Waals surface area contributed by atoms with Gasteiger partial charge in [0.2, 0.25) is 0 Å². The van der Waals surface area contributed by atoms with Crippen LogP contribution in [0.2, 0.25) is 0 Å². The molecule has 0 atom stereocenters. The van der Waals surface area contributed by atoms with E-state index in [0.29, 0.717) is 6.61 Å². The molecule has 0 fully saturated rings. The molecule has 0 bridgehead atoms. The number of nitrogens with one attached hydrogen (secondary N) is 1. The van der Waals surface area contributed by atoms with Gasteiger partial charge in [0.05, 0.1) is 24.3 Å². The van der Waals surface area contributed by atoms with E-state index in [-0.39, 0.29) is 0 Å². The van der Waals surface area contributed by atoms with Crippen molar-refractivity contribution < 1.29 is 9.15 Å². The Kier molecular flexibility index (Phi) is 4.97. The third-order valence-corrected chi connectivity index (χ3v) is 4.82. The molecule has 0 radical (unpaired) electrons. The zero-order valence-corrected chi connectivity index (χ0v) is 13.4. The van der Waals surface area contributed by atoms with Crippen LogP contribution in [0.4, 0.5) is 0 Å². The molecular formula is C14H17N3O2S2. The lowest BCUT2D eigenvalue weighted by atomic mass is 10.4. The SMILES string of the molecule is COCCNCc1c(SCc2ccco2)nc2sccn12. The number of aromatic nitrogens is 2. The van der Waals surface area contributed by atoms with Gasteiger partial charge < -0.3 is 14.5 Å². The monoisotopic (exact) mass is 323 g/mol. The normalized spacial score (nSPS) is 11.5. The van der Waals surface area contributed by atoms with Gasteiger partial charge in [0.15, 0.2) is 4.96 Å². The van der Waals surface area contributed by atoms with Crippen molar-refractivity contribution in [1.82, 2.24) is 14.7 Å². The Morgan fingerprint density at radius 3 is 3.29 bits per heavy atom. The molecule has 5 nitrogen and oxygen atoms in total. The van der Waals surface area contributed by atoms with Gasteiger partial charge in [-0.3, -0.25) is 4.40 Å². The molecule has 0 unspecified atom stereocenters. The van der Waals surface area contributed by atoms with Crippen LogP contribution < -0.4 is 5.32 Å². The van der Waals surface area contributed by atoms with E-state index in [1.165, 1.54) is 5.69 Å². The van der Waals surface area contributed by atoms with Crippen molar-refractivity contribution in [2.45, 2.75) is 17.3 Å². The zero-order valence-electron chi connectivity index (χ0n) is 11.7. The van der Waals surface area contributed by atoms with Crippen molar-refractivity contribution in [3.8, 4) is 0 Å². The van der Waals surface area contributed by atoms with E-state index in [9.17, 15) is 0 Å². The minimum atomic E-state index is 0.709. The van der Waals surface area contributed by atoms with E-state index in [0.717, 1.165) is 34.6 Å². The zero-order chi connectivity index (χ0) is 14.5. The summed E-state index contributed by atoms with van der Waals surface area (Å²) in [4.78, 5) is 5.73. The number of furan rings is 1. The molecule has 0 aliphatic rings. The van der Waals surface area contributed by atoms with Crippen molar-refractivity contribution in [3.05, 3.63) is 41.4 Å². The van der Waals surface area contributed by atoms with Crippen LogP contribution in [0.3, 0.4) is 0 Å². The summed E-state index contributed by atoms with van der Waals surface area (Å²) in [5.41, 5.74) is 1.19. The van der Waals surface area contributed by atoms with Crippen molar-refractivity contribution >= 4 is 28.1 Å². The fourth-order valence-electron chi connectivity index (χ4n) is 2.00. The Bertz CT molecular complexity index is 676. The number of rotatable bonds is 8. The molecule has 0 aliphatic carbocycles. The molecule has 3 aromatic rings. The summed E-state index contributed by atoms with van der Waals surface area (Å²) in [6.45, 7) is 2.32. The maximum atomic E-state index is 5.38. The van der Waals surface area contributed by atoms with Gasteiger partial charge >= 0.3 is 0 Å². The standard InChI is InChI=1S/C14H17N3O2S2/c1-18-7-4-15-9-12-13(16-14-17(12)5-8-20-14)21-10-11-3-2-6-19-11/h2-3,5-6,8,15H,4,7,9-10H2,1H3. The van der Waals surface area contributed by atoms with Crippen molar-refractivity contribution in [3.63, 3.8) is 0 Å². The van der Waals surface area contributed by atoms with Gasteiger partial charge in [-0.05, 0) is 12.1 Å². The molecule has 1 N–H and O–H groups in total. The first-order chi connectivity index (χ1) is 10.4. The van der Waals surface area contributed by atoms with Crippen LogP contribution in [0.5, 0.6) is 0 Å². The van der Waals surface area contributed by atoms with Gasteiger partial charge in [0.1, 0.15) is 10.8 Å². The first kappa shape index (κ1) is 14.6. The van der Waals surface area contributed by atoms with Crippen LogP contribution >= 0.6 is 23.1 Å². The molecule has 3 rings (SSSR count). The van der Waals surface area contributed by atoms with Crippen LogP contribution in [0.15, 0.2) is 39.4 Å². The van der Waals surface area contributed by atoms with Crippen LogP contribution in [-0.2, 0) is 17.0 Å². The predicted molar refractivity (Wildman–Crippen MR) is 84.9 cm³/mol. The minimum absolute atomic E-state index is 0.709. The van der Waals surface area contributed by atoms with E-state index in [2.05, 4.69) is 21.3 Å². The number of thiazole rings is 1. The first-order valence-electron chi connectivity index (χ1n) is 6.67. The number of hydrogen-bond acceptors (Lipinski definition) is 6. The highest BCUT2D eigenvalue weighted by Crippen LogP contribution is 2.28. The van der Waals surface area contributed by atoms with E-state index in [1.54, 1.807) is 36.5 Å². The van der Waals surface area contributed by atoms with Gasteiger partial charge in [-0.1, -0.05) is 11.8 Å². The van der Waals surface area contributed by atoms with Gasteiger partial charge in [-0.25, -0.2) is 4.98 Å². The Morgan fingerprint density at radius 2 is 2.48 bits per heavy atom. The molecule has 21 heavy (non-hydrogen) atoms. The highest BCUT2D eigenvalue weighted by atomic mass is 32.2. The summed E-state index contributed by atoms with van der Waals surface area (Å²) in [5, 5.41) is 6.50. The van der Waals surface area contributed by atoms with Gasteiger partial charge in [-0.2, -0.15) is 0 Å². The summed E-state index contributed by atoms with van der Waals surface area (Å²) in [7, 11) is 1.71. The number of thioether (sulfide) groups is 1. The van der Waals surface area contributed by atoms with Crippen LogP contribution in [0, 0.1) is 0 Å². The lowest BCUT2D eigenvalue weighted by Gasteiger charge is -2.05. The minimum Gasteiger partial charge on any atom is -0.468 e. The number of fused-ring (bicyclic) bond motifs is 1. The molecule has 7 heteroatoms.